The summed E-state index contributed by atoms with van der Waals surface area (Å²) in [4.78, 5) is 39.3. The number of nitrogens with zero attached hydrogens (tertiary/aromatic N) is 2. The van der Waals surface area contributed by atoms with Crippen LogP contribution in [0.5, 0.6) is 5.75 Å². The average molecular weight is 348 g/mol. The van der Waals surface area contributed by atoms with Gasteiger partial charge in [-0.3, -0.25) is 19.4 Å². The van der Waals surface area contributed by atoms with E-state index in [4.69, 9.17) is 4.74 Å². The summed E-state index contributed by atoms with van der Waals surface area (Å²) in [5.41, 5.74) is 0.423. The van der Waals surface area contributed by atoms with Gasteiger partial charge in [0.1, 0.15) is 0 Å². The number of methoxy groups -OCH3 is 1. The first-order valence-electron chi connectivity index (χ1n) is 8.45. The third kappa shape index (κ3) is 3.10. The molecule has 2 aliphatic rings. The van der Waals surface area contributed by atoms with E-state index in [0.29, 0.717) is 5.56 Å². The van der Waals surface area contributed by atoms with E-state index in [1.54, 1.807) is 6.07 Å². The van der Waals surface area contributed by atoms with Gasteiger partial charge >= 0.3 is 17.8 Å². The number of imide groups is 2. The van der Waals surface area contributed by atoms with Crippen molar-refractivity contribution in [3.63, 3.8) is 0 Å². The highest BCUT2D eigenvalue weighted by Gasteiger charge is 2.48. The summed E-state index contributed by atoms with van der Waals surface area (Å²) in [5, 5.41) is 0. The van der Waals surface area contributed by atoms with Crippen LogP contribution in [0.3, 0.4) is 0 Å². The highest BCUT2D eigenvalue weighted by atomic mass is 19.1. The maximum atomic E-state index is 13.8. The number of urea groups is 1. The third-order valence-corrected chi connectivity index (χ3v) is 5.04. The second-order valence-corrected chi connectivity index (χ2v) is 6.65. The van der Waals surface area contributed by atoms with Crippen LogP contribution < -0.4 is 4.74 Å². The Morgan fingerprint density at radius 3 is 2.52 bits per heavy atom. The molecule has 6 nitrogen and oxygen atoms in total. The molecule has 1 heterocycles. The summed E-state index contributed by atoms with van der Waals surface area (Å²) in [6.07, 6.45) is 3.65. The van der Waals surface area contributed by atoms with Crippen LogP contribution in [0, 0.1) is 11.7 Å². The molecule has 7 heteroatoms. The van der Waals surface area contributed by atoms with E-state index in [1.807, 2.05) is 6.92 Å². The number of hydrogen-bond acceptors (Lipinski definition) is 4. The molecule has 1 aromatic rings. The minimum absolute atomic E-state index is 0.0801. The smallest absolute Gasteiger partial charge is 0.334 e. The Kier molecular flexibility index (Phi) is 4.74. The molecule has 0 bridgehead atoms. The van der Waals surface area contributed by atoms with Gasteiger partial charge in [0, 0.05) is 6.04 Å². The molecular formula is C18H21FN2O4. The molecule has 1 aliphatic carbocycles. The number of benzene rings is 1. The van der Waals surface area contributed by atoms with E-state index < -0.39 is 23.7 Å². The van der Waals surface area contributed by atoms with Gasteiger partial charge in [0.25, 0.3) is 0 Å². The number of ether oxygens (including phenoxy) is 1. The highest BCUT2D eigenvalue weighted by molar-refractivity contribution is 6.44. The van der Waals surface area contributed by atoms with E-state index in [0.717, 1.165) is 35.5 Å². The Bertz CT molecular complexity index is 721. The second-order valence-electron chi connectivity index (χ2n) is 6.65. The van der Waals surface area contributed by atoms with Gasteiger partial charge in [-0.25, -0.2) is 9.18 Å². The molecule has 1 aromatic carbocycles. The molecule has 2 atom stereocenters. The van der Waals surface area contributed by atoms with Crippen molar-refractivity contribution < 1.29 is 23.5 Å². The van der Waals surface area contributed by atoms with Crippen molar-refractivity contribution in [1.82, 2.24) is 9.80 Å². The van der Waals surface area contributed by atoms with Crippen LogP contribution in [0.15, 0.2) is 18.2 Å². The predicted octanol–water partition coefficient (Wildman–Crippen LogP) is 2.70. The van der Waals surface area contributed by atoms with Crippen molar-refractivity contribution in [3.05, 3.63) is 29.6 Å². The Labute approximate surface area is 145 Å². The van der Waals surface area contributed by atoms with Gasteiger partial charge in [0.05, 0.1) is 13.7 Å². The summed E-state index contributed by atoms with van der Waals surface area (Å²) < 4.78 is 18.7. The van der Waals surface area contributed by atoms with Crippen molar-refractivity contribution in [3.8, 4) is 5.75 Å². The molecular weight excluding hydrogens is 327 g/mol. The van der Waals surface area contributed by atoms with Crippen LogP contribution in [0.2, 0.25) is 0 Å². The molecule has 0 spiro atoms. The summed E-state index contributed by atoms with van der Waals surface area (Å²) >= 11 is 0. The molecule has 1 saturated heterocycles. The van der Waals surface area contributed by atoms with E-state index >= 15 is 0 Å². The molecule has 1 saturated carbocycles. The van der Waals surface area contributed by atoms with Crippen molar-refractivity contribution >= 4 is 17.8 Å². The topological polar surface area (TPSA) is 66.9 Å². The maximum Gasteiger partial charge on any atom is 0.334 e. The quantitative estimate of drug-likeness (QED) is 0.620. The van der Waals surface area contributed by atoms with Crippen molar-refractivity contribution in [2.24, 2.45) is 5.92 Å². The lowest BCUT2D eigenvalue weighted by atomic mass is 9.85. The number of hydrogen-bond donors (Lipinski definition) is 0. The first-order chi connectivity index (χ1) is 11.9. The van der Waals surface area contributed by atoms with E-state index in [9.17, 15) is 18.8 Å². The first kappa shape index (κ1) is 17.4. The molecule has 0 radical (unpaired) electrons. The summed E-state index contributed by atoms with van der Waals surface area (Å²) in [6, 6.07) is 3.35. The Morgan fingerprint density at radius 2 is 1.88 bits per heavy atom. The number of rotatable bonds is 4. The lowest BCUT2D eigenvalue weighted by Crippen LogP contribution is -2.46. The van der Waals surface area contributed by atoms with Crippen LogP contribution in [-0.4, -0.2) is 40.8 Å². The van der Waals surface area contributed by atoms with Gasteiger partial charge in [-0.1, -0.05) is 25.8 Å². The average Bonchev–Trinajstić information content (AvgIpc) is 2.79. The van der Waals surface area contributed by atoms with Crippen LogP contribution >= 0.6 is 0 Å². The minimum Gasteiger partial charge on any atom is -0.494 e. The van der Waals surface area contributed by atoms with Crippen LogP contribution in [0.25, 0.3) is 0 Å². The van der Waals surface area contributed by atoms with Gasteiger partial charge in [0.2, 0.25) is 0 Å². The third-order valence-electron chi connectivity index (χ3n) is 5.04. The highest BCUT2D eigenvalue weighted by Crippen LogP contribution is 2.31. The monoisotopic (exact) mass is 348 g/mol. The lowest BCUT2D eigenvalue weighted by molar-refractivity contribution is -0.144. The molecule has 3 rings (SSSR count). The van der Waals surface area contributed by atoms with E-state index in [1.165, 1.54) is 19.2 Å². The predicted molar refractivity (Wildman–Crippen MR) is 87.2 cm³/mol. The molecule has 4 amide bonds. The van der Waals surface area contributed by atoms with Crippen LogP contribution in [0.1, 0.15) is 38.2 Å². The largest absolute Gasteiger partial charge is 0.494 e. The van der Waals surface area contributed by atoms with Crippen LogP contribution in [-0.2, 0) is 16.1 Å². The van der Waals surface area contributed by atoms with Crippen molar-refractivity contribution in [1.29, 1.82) is 0 Å². The van der Waals surface area contributed by atoms with Crippen molar-refractivity contribution in [2.45, 2.75) is 45.2 Å². The standard InChI is InChI=1S/C18H21FN2O4/c1-11-5-3-4-6-14(11)21-17(23)16(22)20(18(21)24)10-12-7-8-15(25-2)13(19)9-12/h7-9,11,14H,3-6,10H2,1-2H3/t11-,14+/m1/s1. The zero-order valence-electron chi connectivity index (χ0n) is 14.3. The number of halogens is 1. The summed E-state index contributed by atoms with van der Waals surface area (Å²) in [6.45, 7) is 1.86. The molecule has 2 fully saturated rings. The number of carbonyl (C=O) groups is 3. The number of carbonyl (C=O) groups excluding carboxylic acids is 3. The Morgan fingerprint density at radius 1 is 1.16 bits per heavy atom. The minimum atomic E-state index is -0.848. The van der Waals surface area contributed by atoms with E-state index in [-0.39, 0.29) is 24.3 Å². The van der Waals surface area contributed by atoms with Gasteiger partial charge < -0.3 is 4.74 Å². The van der Waals surface area contributed by atoms with Gasteiger partial charge in [0.15, 0.2) is 11.6 Å². The Balaban J connectivity index is 1.80. The maximum absolute atomic E-state index is 13.8. The van der Waals surface area contributed by atoms with Gasteiger partial charge in [-0.15, -0.1) is 0 Å². The van der Waals surface area contributed by atoms with Gasteiger partial charge in [-0.2, -0.15) is 0 Å². The SMILES string of the molecule is COc1ccc(CN2C(=O)C(=O)N([C@H]3CCCC[C@H]3C)C2=O)cc1F. The molecule has 0 N–H and O–H groups in total. The Hall–Kier alpha value is -2.44. The zero-order chi connectivity index (χ0) is 18.1. The molecule has 0 aromatic heterocycles. The fraction of sp³-hybridized carbons (Fsp3) is 0.500. The lowest BCUT2D eigenvalue weighted by Gasteiger charge is -2.34. The van der Waals surface area contributed by atoms with E-state index in [2.05, 4.69) is 0 Å². The molecule has 0 unspecified atom stereocenters. The summed E-state index contributed by atoms with van der Waals surface area (Å²) in [5.74, 6) is -1.95. The van der Waals surface area contributed by atoms with Gasteiger partial charge in [-0.05, 0) is 36.5 Å². The zero-order valence-corrected chi connectivity index (χ0v) is 14.3. The number of amides is 4. The molecule has 25 heavy (non-hydrogen) atoms. The fourth-order valence-electron chi connectivity index (χ4n) is 3.63. The first-order valence-corrected chi connectivity index (χ1v) is 8.45. The summed E-state index contributed by atoms with van der Waals surface area (Å²) in [7, 11) is 1.35. The fourth-order valence-corrected chi connectivity index (χ4v) is 3.63. The second kappa shape index (κ2) is 6.82. The van der Waals surface area contributed by atoms with Crippen LogP contribution in [0.4, 0.5) is 9.18 Å². The molecule has 134 valence electrons. The van der Waals surface area contributed by atoms with Crippen molar-refractivity contribution in [2.75, 3.05) is 7.11 Å². The normalized spacial score (nSPS) is 24.2. The molecule has 1 aliphatic heterocycles.